The molecule has 134 valence electrons. The molecule has 25 heavy (non-hydrogen) atoms. The second-order valence-corrected chi connectivity index (χ2v) is 5.18. The number of benzene rings is 2. The standard InChI is InChI=1S/C11H14O2.C10H12O2/c1-4-5-9-6-7-10(12-2)11(8-9)13-3;1-3-4-8-5-6-9(11)10(7-8)12-2/h4,6-8H,1,5H2,2-3H3;3,5-7,11H,1,4H2,2H3. The van der Waals surface area contributed by atoms with Crippen LogP contribution in [-0.2, 0) is 12.8 Å². The Morgan fingerprint density at radius 1 is 0.760 bits per heavy atom. The van der Waals surface area contributed by atoms with Crippen molar-refractivity contribution in [2.75, 3.05) is 21.3 Å². The Kier molecular flexibility index (Phi) is 8.72. The van der Waals surface area contributed by atoms with E-state index in [1.54, 1.807) is 26.4 Å². The van der Waals surface area contributed by atoms with E-state index in [9.17, 15) is 5.11 Å². The summed E-state index contributed by atoms with van der Waals surface area (Å²) in [6, 6.07) is 11.1. The Labute approximate surface area is 150 Å². The van der Waals surface area contributed by atoms with Crippen molar-refractivity contribution in [3.8, 4) is 23.0 Å². The average Bonchev–Trinajstić information content (AvgIpc) is 2.64. The molecule has 0 saturated carbocycles. The molecule has 4 nitrogen and oxygen atoms in total. The van der Waals surface area contributed by atoms with E-state index in [1.807, 2.05) is 36.4 Å². The van der Waals surface area contributed by atoms with Crippen molar-refractivity contribution >= 4 is 0 Å². The van der Waals surface area contributed by atoms with Crippen LogP contribution < -0.4 is 14.2 Å². The van der Waals surface area contributed by atoms with E-state index in [0.717, 1.165) is 29.9 Å². The second-order valence-electron chi connectivity index (χ2n) is 5.18. The van der Waals surface area contributed by atoms with E-state index in [2.05, 4.69) is 13.2 Å². The van der Waals surface area contributed by atoms with Gasteiger partial charge in [0.15, 0.2) is 23.0 Å². The molecule has 0 bridgehead atoms. The number of methoxy groups -OCH3 is 3. The summed E-state index contributed by atoms with van der Waals surface area (Å²) >= 11 is 0. The lowest BCUT2D eigenvalue weighted by molar-refractivity contribution is 0.354. The van der Waals surface area contributed by atoms with Gasteiger partial charge in [0.1, 0.15) is 0 Å². The van der Waals surface area contributed by atoms with Gasteiger partial charge in [0.2, 0.25) is 0 Å². The molecule has 0 aliphatic carbocycles. The molecule has 0 saturated heterocycles. The smallest absolute Gasteiger partial charge is 0.160 e. The van der Waals surface area contributed by atoms with Crippen molar-refractivity contribution in [3.05, 3.63) is 72.8 Å². The molecule has 0 spiro atoms. The van der Waals surface area contributed by atoms with Gasteiger partial charge in [0.05, 0.1) is 21.3 Å². The summed E-state index contributed by atoms with van der Waals surface area (Å²) in [6.45, 7) is 7.31. The van der Waals surface area contributed by atoms with Gasteiger partial charge >= 0.3 is 0 Å². The highest BCUT2D eigenvalue weighted by molar-refractivity contribution is 5.43. The molecule has 1 N–H and O–H groups in total. The predicted molar refractivity (Wildman–Crippen MR) is 102 cm³/mol. The van der Waals surface area contributed by atoms with Gasteiger partial charge in [-0.25, -0.2) is 0 Å². The first-order valence-electron chi connectivity index (χ1n) is 7.88. The number of ether oxygens (including phenoxy) is 3. The number of rotatable bonds is 7. The summed E-state index contributed by atoms with van der Waals surface area (Å²) in [6.07, 6.45) is 5.31. The zero-order chi connectivity index (χ0) is 18.7. The topological polar surface area (TPSA) is 47.9 Å². The molecule has 0 atom stereocenters. The Bertz CT molecular complexity index is 692. The summed E-state index contributed by atoms with van der Waals surface area (Å²) in [5.74, 6) is 2.21. The number of phenols is 1. The van der Waals surface area contributed by atoms with E-state index in [4.69, 9.17) is 14.2 Å². The van der Waals surface area contributed by atoms with Crippen LogP contribution in [0.2, 0.25) is 0 Å². The van der Waals surface area contributed by atoms with E-state index >= 15 is 0 Å². The SMILES string of the molecule is C=CCc1ccc(O)c(OC)c1.C=CCc1ccc(OC)c(OC)c1. The van der Waals surface area contributed by atoms with Crippen molar-refractivity contribution in [3.63, 3.8) is 0 Å². The number of hydrogen-bond donors (Lipinski definition) is 1. The monoisotopic (exact) mass is 342 g/mol. The fourth-order valence-electron chi connectivity index (χ4n) is 2.19. The van der Waals surface area contributed by atoms with Gasteiger partial charge in [-0.1, -0.05) is 24.3 Å². The van der Waals surface area contributed by atoms with E-state index in [-0.39, 0.29) is 5.75 Å². The molecule has 2 aromatic rings. The maximum atomic E-state index is 9.25. The van der Waals surface area contributed by atoms with Crippen molar-refractivity contribution in [2.45, 2.75) is 12.8 Å². The first-order chi connectivity index (χ1) is 12.1. The summed E-state index contributed by atoms with van der Waals surface area (Å²) in [5, 5.41) is 9.25. The van der Waals surface area contributed by atoms with Crippen LogP contribution in [0.4, 0.5) is 0 Å². The normalized spacial score (nSPS) is 9.40. The van der Waals surface area contributed by atoms with Crippen LogP contribution >= 0.6 is 0 Å². The molecule has 0 heterocycles. The van der Waals surface area contributed by atoms with Crippen LogP contribution in [0.3, 0.4) is 0 Å². The first-order valence-corrected chi connectivity index (χ1v) is 7.88. The van der Waals surface area contributed by atoms with Gasteiger partial charge in [-0.15, -0.1) is 13.2 Å². The Balaban J connectivity index is 0.000000251. The molecule has 0 aliphatic heterocycles. The van der Waals surface area contributed by atoms with Crippen LogP contribution in [-0.4, -0.2) is 26.4 Å². The van der Waals surface area contributed by atoms with Gasteiger partial charge in [-0.3, -0.25) is 0 Å². The number of aromatic hydroxyl groups is 1. The van der Waals surface area contributed by atoms with Crippen LogP contribution in [0.1, 0.15) is 11.1 Å². The van der Waals surface area contributed by atoms with Crippen molar-refractivity contribution in [2.24, 2.45) is 0 Å². The fourth-order valence-corrected chi connectivity index (χ4v) is 2.19. The van der Waals surface area contributed by atoms with Crippen molar-refractivity contribution < 1.29 is 19.3 Å². The van der Waals surface area contributed by atoms with E-state index in [0.29, 0.717) is 5.75 Å². The predicted octanol–water partition coefficient (Wildman–Crippen LogP) is 4.56. The highest BCUT2D eigenvalue weighted by Gasteiger charge is 2.02. The maximum Gasteiger partial charge on any atom is 0.160 e. The highest BCUT2D eigenvalue weighted by Crippen LogP contribution is 2.28. The molecule has 0 aromatic heterocycles. The lowest BCUT2D eigenvalue weighted by atomic mass is 10.1. The first kappa shape index (κ1) is 20.2. The molecule has 0 fully saturated rings. The van der Waals surface area contributed by atoms with E-state index < -0.39 is 0 Å². The Morgan fingerprint density at radius 2 is 1.24 bits per heavy atom. The van der Waals surface area contributed by atoms with E-state index in [1.165, 1.54) is 12.7 Å². The van der Waals surface area contributed by atoms with Crippen LogP contribution in [0.25, 0.3) is 0 Å². The van der Waals surface area contributed by atoms with Crippen molar-refractivity contribution in [1.82, 2.24) is 0 Å². The van der Waals surface area contributed by atoms with Gasteiger partial charge in [-0.2, -0.15) is 0 Å². The van der Waals surface area contributed by atoms with Crippen LogP contribution in [0.5, 0.6) is 23.0 Å². The fraction of sp³-hybridized carbons (Fsp3) is 0.238. The minimum Gasteiger partial charge on any atom is -0.504 e. The van der Waals surface area contributed by atoms with Gasteiger partial charge in [0.25, 0.3) is 0 Å². The summed E-state index contributed by atoms with van der Waals surface area (Å²) < 4.78 is 15.2. The largest absolute Gasteiger partial charge is 0.504 e. The quantitative estimate of drug-likeness (QED) is 0.749. The van der Waals surface area contributed by atoms with Crippen LogP contribution in [0, 0.1) is 0 Å². The lowest BCUT2D eigenvalue weighted by Crippen LogP contribution is -1.91. The number of phenolic OH excluding ortho intramolecular Hbond substituents is 1. The molecule has 0 radical (unpaired) electrons. The molecule has 0 unspecified atom stereocenters. The Morgan fingerprint density at radius 3 is 1.72 bits per heavy atom. The summed E-state index contributed by atoms with van der Waals surface area (Å²) in [4.78, 5) is 0. The molecule has 4 heteroatoms. The average molecular weight is 342 g/mol. The summed E-state index contributed by atoms with van der Waals surface area (Å²) in [5.41, 5.74) is 2.26. The maximum absolute atomic E-state index is 9.25. The molecular formula is C21H26O4. The Hall–Kier alpha value is -2.88. The minimum atomic E-state index is 0.172. The zero-order valence-corrected chi connectivity index (χ0v) is 15.1. The molecule has 2 aromatic carbocycles. The second kappa shape index (κ2) is 10.8. The molecule has 2 rings (SSSR count). The molecule has 0 aliphatic rings. The highest BCUT2D eigenvalue weighted by atomic mass is 16.5. The number of hydrogen-bond acceptors (Lipinski definition) is 4. The van der Waals surface area contributed by atoms with Gasteiger partial charge < -0.3 is 19.3 Å². The van der Waals surface area contributed by atoms with Crippen LogP contribution in [0.15, 0.2) is 61.7 Å². The lowest BCUT2D eigenvalue weighted by Gasteiger charge is -2.08. The zero-order valence-electron chi connectivity index (χ0n) is 15.1. The number of allylic oxidation sites excluding steroid dienone is 2. The third-order valence-corrected chi connectivity index (χ3v) is 3.45. The minimum absolute atomic E-state index is 0.172. The molecule has 0 amide bonds. The molecular weight excluding hydrogens is 316 g/mol. The van der Waals surface area contributed by atoms with Crippen molar-refractivity contribution in [1.29, 1.82) is 0 Å². The van der Waals surface area contributed by atoms with Gasteiger partial charge in [-0.05, 0) is 48.2 Å². The summed E-state index contributed by atoms with van der Waals surface area (Å²) in [7, 11) is 4.80. The third-order valence-electron chi connectivity index (χ3n) is 3.45. The van der Waals surface area contributed by atoms with Gasteiger partial charge in [0, 0.05) is 0 Å². The third kappa shape index (κ3) is 6.26.